The van der Waals surface area contributed by atoms with Gasteiger partial charge in [0.15, 0.2) is 0 Å². The number of aromatic nitrogens is 1. The molecular weight excluding hydrogens is 310 g/mol. The Morgan fingerprint density at radius 3 is 2.67 bits per heavy atom. The Morgan fingerprint density at radius 1 is 1.29 bits per heavy atom. The predicted molar refractivity (Wildman–Crippen MR) is 87.3 cm³/mol. The Balaban J connectivity index is 2.21. The molecule has 2 rings (SSSR count). The van der Waals surface area contributed by atoms with Crippen LogP contribution in [-0.2, 0) is 10.0 Å². The van der Waals surface area contributed by atoms with E-state index < -0.39 is 15.6 Å². The fourth-order valence-electron chi connectivity index (χ4n) is 2.13. The molecule has 114 valence electrons. The van der Waals surface area contributed by atoms with Crippen molar-refractivity contribution in [3.05, 3.63) is 35.5 Å². The Morgan fingerprint density at radius 2 is 2.00 bits per heavy atom. The van der Waals surface area contributed by atoms with Crippen molar-refractivity contribution in [2.24, 2.45) is 0 Å². The summed E-state index contributed by atoms with van der Waals surface area (Å²) in [5, 5.41) is 4.83. The third-order valence-electron chi connectivity index (χ3n) is 2.89. The summed E-state index contributed by atoms with van der Waals surface area (Å²) in [6.45, 7) is 4.09. The van der Waals surface area contributed by atoms with Gasteiger partial charge in [0, 0.05) is 34.4 Å². The van der Waals surface area contributed by atoms with Crippen LogP contribution < -0.4 is 10.0 Å². The number of nitrogens with zero attached hydrogens (tertiary/aromatic N) is 1. The molecule has 0 aliphatic carbocycles. The summed E-state index contributed by atoms with van der Waals surface area (Å²) in [6, 6.07) is 7.34. The number of sulfonamides is 1. The van der Waals surface area contributed by atoms with Crippen LogP contribution in [0.5, 0.6) is 0 Å². The van der Waals surface area contributed by atoms with Crippen molar-refractivity contribution in [1.82, 2.24) is 9.71 Å². The number of benzene rings is 1. The average molecular weight is 328 g/mol. The molecule has 5 nitrogen and oxygen atoms in total. The predicted octanol–water partition coefficient (Wildman–Crippen LogP) is 2.63. The normalized spacial score (nSPS) is 12.6. The van der Waals surface area contributed by atoms with Crippen molar-refractivity contribution in [2.75, 3.05) is 18.1 Å². The van der Waals surface area contributed by atoms with Gasteiger partial charge in [-0.3, -0.25) is 4.98 Å². The summed E-state index contributed by atoms with van der Waals surface area (Å²) in [7, 11) is -3.25. The van der Waals surface area contributed by atoms with Crippen LogP contribution in [0.4, 0.5) is 5.69 Å². The lowest BCUT2D eigenvalue weighted by atomic mass is 10.1. The Hall–Kier alpha value is -1.37. The molecule has 0 fully saturated rings. The second-order valence-electron chi connectivity index (χ2n) is 5.63. The van der Waals surface area contributed by atoms with E-state index in [0.717, 1.165) is 22.8 Å². The summed E-state index contributed by atoms with van der Waals surface area (Å²) in [5.41, 5.74) is 1.08. The molecule has 2 aromatic rings. The topological polar surface area (TPSA) is 71.1 Å². The summed E-state index contributed by atoms with van der Waals surface area (Å²) < 4.78 is 25.3. The number of rotatable bonds is 5. The average Bonchev–Trinajstić information content (AvgIpc) is 2.33. The minimum Gasteiger partial charge on any atom is -0.383 e. The number of hydrogen-bond acceptors (Lipinski definition) is 4. The van der Waals surface area contributed by atoms with Crippen molar-refractivity contribution in [3.8, 4) is 0 Å². The van der Waals surface area contributed by atoms with Crippen LogP contribution in [0.2, 0.25) is 5.02 Å². The molecule has 0 radical (unpaired) electrons. The molecule has 1 aromatic carbocycles. The van der Waals surface area contributed by atoms with Crippen molar-refractivity contribution in [2.45, 2.75) is 19.4 Å². The Bertz CT molecular complexity index is 760. The van der Waals surface area contributed by atoms with Gasteiger partial charge in [-0.15, -0.1) is 0 Å². The van der Waals surface area contributed by atoms with Crippen LogP contribution in [0.3, 0.4) is 0 Å². The molecule has 0 aliphatic heterocycles. The number of fused-ring (bicyclic) bond motifs is 1. The summed E-state index contributed by atoms with van der Waals surface area (Å²) >= 11 is 5.96. The van der Waals surface area contributed by atoms with Crippen LogP contribution in [-0.4, -0.2) is 31.7 Å². The molecule has 0 saturated heterocycles. The van der Waals surface area contributed by atoms with Gasteiger partial charge in [-0.05, 0) is 38.1 Å². The maximum Gasteiger partial charge on any atom is 0.209 e. The van der Waals surface area contributed by atoms with Gasteiger partial charge >= 0.3 is 0 Å². The van der Waals surface area contributed by atoms with Crippen LogP contribution in [0, 0.1) is 0 Å². The molecule has 2 N–H and O–H groups in total. The zero-order valence-corrected chi connectivity index (χ0v) is 13.7. The van der Waals surface area contributed by atoms with Crippen molar-refractivity contribution < 1.29 is 8.42 Å². The Kier molecular flexibility index (Phi) is 4.41. The van der Waals surface area contributed by atoms with E-state index in [0.29, 0.717) is 11.6 Å². The highest BCUT2D eigenvalue weighted by molar-refractivity contribution is 7.88. The number of pyridine rings is 1. The lowest BCUT2D eigenvalue weighted by Crippen LogP contribution is -2.47. The molecular formula is C14H18ClN3O2S. The first-order chi connectivity index (χ1) is 9.66. The molecule has 0 aliphatic rings. The second kappa shape index (κ2) is 5.79. The third-order valence-corrected chi connectivity index (χ3v) is 4.05. The quantitative estimate of drug-likeness (QED) is 0.885. The molecule has 0 spiro atoms. The second-order valence-corrected chi connectivity index (χ2v) is 7.82. The molecule has 7 heteroatoms. The summed E-state index contributed by atoms with van der Waals surface area (Å²) in [5.74, 6) is 0. The Labute approximate surface area is 129 Å². The van der Waals surface area contributed by atoms with Gasteiger partial charge in [0.1, 0.15) is 0 Å². The smallest absolute Gasteiger partial charge is 0.209 e. The highest BCUT2D eigenvalue weighted by atomic mass is 35.5. The van der Waals surface area contributed by atoms with Crippen LogP contribution in [0.15, 0.2) is 30.5 Å². The lowest BCUT2D eigenvalue weighted by molar-refractivity contribution is 0.476. The first-order valence-corrected chi connectivity index (χ1v) is 8.70. The monoisotopic (exact) mass is 327 g/mol. The standard InChI is InChI=1S/C14H18ClN3O2S/c1-14(2,18-21(3,19)20)9-17-12-6-7-16-13-8-10(15)4-5-11(12)13/h4-8,18H,9H2,1-3H3,(H,16,17). The van der Waals surface area contributed by atoms with E-state index in [-0.39, 0.29) is 0 Å². The van der Waals surface area contributed by atoms with Crippen LogP contribution in [0.25, 0.3) is 10.9 Å². The van der Waals surface area contributed by atoms with E-state index in [1.54, 1.807) is 18.3 Å². The zero-order chi connectivity index (χ0) is 15.7. The van der Waals surface area contributed by atoms with Crippen molar-refractivity contribution in [1.29, 1.82) is 0 Å². The first kappa shape index (κ1) is 16.0. The lowest BCUT2D eigenvalue weighted by Gasteiger charge is -2.26. The van der Waals surface area contributed by atoms with Gasteiger partial charge in [0.25, 0.3) is 0 Å². The minimum absolute atomic E-state index is 0.446. The van der Waals surface area contributed by atoms with Gasteiger partial charge in [-0.2, -0.15) is 0 Å². The van der Waals surface area contributed by atoms with E-state index >= 15 is 0 Å². The van der Waals surface area contributed by atoms with E-state index in [9.17, 15) is 8.42 Å². The third kappa shape index (κ3) is 4.56. The molecule has 0 saturated carbocycles. The maximum atomic E-state index is 11.3. The molecule has 0 bridgehead atoms. The number of nitrogens with one attached hydrogen (secondary N) is 2. The molecule has 0 unspecified atom stereocenters. The fraction of sp³-hybridized carbons (Fsp3) is 0.357. The van der Waals surface area contributed by atoms with Gasteiger partial charge < -0.3 is 5.32 Å². The van der Waals surface area contributed by atoms with Crippen molar-refractivity contribution >= 4 is 38.2 Å². The first-order valence-electron chi connectivity index (χ1n) is 6.43. The number of halogens is 1. The van der Waals surface area contributed by atoms with E-state index in [1.165, 1.54) is 0 Å². The van der Waals surface area contributed by atoms with Crippen LogP contribution >= 0.6 is 11.6 Å². The van der Waals surface area contributed by atoms with Gasteiger partial charge in [0.05, 0.1) is 11.8 Å². The largest absolute Gasteiger partial charge is 0.383 e. The minimum atomic E-state index is -3.25. The molecule has 0 atom stereocenters. The van der Waals surface area contributed by atoms with E-state index in [4.69, 9.17) is 11.6 Å². The SMILES string of the molecule is CC(C)(CNc1ccnc2cc(Cl)ccc12)NS(C)(=O)=O. The molecule has 1 heterocycles. The van der Waals surface area contributed by atoms with Crippen molar-refractivity contribution in [3.63, 3.8) is 0 Å². The number of anilines is 1. The number of hydrogen-bond donors (Lipinski definition) is 2. The van der Waals surface area contributed by atoms with E-state index in [2.05, 4.69) is 15.0 Å². The highest BCUT2D eigenvalue weighted by Crippen LogP contribution is 2.24. The molecule has 0 amide bonds. The maximum absolute atomic E-state index is 11.3. The molecule has 1 aromatic heterocycles. The highest BCUT2D eigenvalue weighted by Gasteiger charge is 2.22. The van der Waals surface area contributed by atoms with E-state index in [1.807, 2.05) is 26.0 Å². The fourth-order valence-corrected chi connectivity index (χ4v) is 3.37. The van der Waals surface area contributed by atoms with Gasteiger partial charge in [-0.25, -0.2) is 13.1 Å². The van der Waals surface area contributed by atoms with Gasteiger partial charge in [-0.1, -0.05) is 11.6 Å². The van der Waals surface area contributed by atoms with Crippen LogP contribution in [0.1, 0.15) is 13.8 Å². The summed E-state index contributed by atoms with van der Waals surface area (Å²) in [4.78, 5) is 4.27. The zero-order valence-electron chi connectivity index (χ0n) is 12.1. The summed E-state index contributed by atoms with van der Waals surface area (Å²) in [6.07, 6.45) is 2.84. The molecule has 21 heavy (non-hydrogen) atoms. The van der Waals surface area contributed by atoms with Gasteiger partial charge in [0.2, 0.25) is 10.0 Å².